The molecule has 0 unspecified atom stereocenters. The number of hydrogen-bond donors (Lipinski definition) is 1. The van der Waals surface area contributed by atoms with E-state index in [1.807, 2.05) is 12.1 Å². The standard InChI is InChI=1S/C15H22ClNO/c1-2-3-4-5-7-17-11-13-10-14(16)9-12-6-8-18-15(12)13/h9-10,17H,2-8,11H2,1H3. The first-order valence-electron chi connectivity index (χ1n) is 6.96. The summed E-state index contributed by atoms with van der Waals surface area (Å²) in [6.07, 6.45) is 6.16. The van der Waals surface area contributed by atoms with Crippen LogP contribution in [-0.4, -0.2) is 13.2 Å². The molecule has 1 aromatic carbocycles. The Balaban J connectivity index is 1.82. The lowest BCUT2D eigenvalue weighted by Gasteiger charge is -2.10. The third kappa shape index (κ3) is 3.63. The second-order valence-electron chi connectivity index (χ2n) is 4.89. The molecule has 0 amide bonds. The van der Waals surface area contributed by atoms with E-state index in [-0.39, 0.29) is 0 Å². The monoisotopic (exact) mass is 267 g/mol. The van der Waals surface area contributed by atoms with Crippen LogP contribution in [-0.2, 0) is 13.0 Å². The van der Waals surface area contributed by atoms with Gasteiger partial charge in [-0.05, 0) is 30.7 Å². The first-order chi connectivity index (χ1) is 8.81. The molecule has 18 heavy (non-hydrogen) atoms. The van der Waals surface area contributed by atoms with E-state index in [1.165, 1.54) is 36.8 Å². The first kappa shape index (κ1) is 13.7. The molecule has 0 radical (unpaired) electrons. The van der Waals surface area contributed by atoms with Crippen molar-refractivity contribution in [2.75, 3.05) is 13.2 Å². The van der Waals surface area contributed by atoms with Gasteiger partial charge in [0.1, 0.15) is 5.75 Å². The number of halogens is 1. The third-order valence-electron chi connectivity index (χ3n) is 3.35. The summed E-state index contributed by atoms with van der Waals surface area (Å²) >= 11 is 6.13. The summed E-state index contributed by atoms with van der Waals surface area (Å²) < 4.78 is 5.68. The van der Waals surface area contributed by atoms with Crippen LogP contribution in [0.25, 0.3) is 0 Å². The molecule has 0 aromatic heterocycles. The number of ether oxygens (including phenoxy) is 1. The third-order valence-corrected chi connectivity index (χ3v) is 3.57. The van der Waals surface area contributed by atoms with Crippen molar-refractivity contribution in [3.05, 3.63) is 28.3 Å². The molecule has 1 aliphatic rings. The molecule has 0 saturated carbocycles. The quantitative estimate of drug-likeness (QED) is 0.756. The molecule has 1 aromatic rings. The van der Waals surface area contributed by atoms with Crippen LogP contribution in [0.5, 0.6) is 5.75 Å². The summed E-state index contributed by atoms with van der Waals surface area (Å²) in [5.41, 5.74) is 2.45. The van der Waals surface area contributed by atoms with Gasteiger partial charge in [-0.1, -0.05) is 37.8 Å². The van der Waals surface area contributed by atoms with Crippen LogP contribution in [0.3, 0.4) is 0 Å². The molecular formula is C15H22ClNO. The number of unbranched alkanes of at least 4 members (excludes halogenated alkanes) is 3. The summed E-state index contributed by atoms with van der Waals surface area (Å²) in [4.78, 5) is 0. The molecule has 0 spiro atoms. The normalized spacial score (nSPS) is 13.4. The highest BCUT2D eigenvalue weighted by Crippen LogP contribution is 2.32. The van der Waals surface area contributed by atoms with Crippen LogP contribution in [0.2, 0.25) is 5.02 Å². The van der Waals surface area contributed by atoms with Crippen molar-refractivity contribution in [2.24, 2.45) is 0 Å². The maximum atomic E-state index is 6.13. The average molecular weight is 268 g/mol. The summed E-state index contributed by atoms with van der Waals surface area (Å²) in [6, 6.07) is 4.04. The van der Waals surface area contributed by atoms with Crippen molar-refractivity contribution < 1.29 is 4.74 Å². The molecule has 1 aliphatic heterocycles. The number of benzene rings is 1. The summed E-state index contributed by atoms with van der Waals surface area (Å²) in [7, 11) is 0. The Morgan fingerprint density at radius 3 is 3.00 bits per heavy atom. The van der Waals surface area contributed by atoms with E-state index >= 15 is 0 Å². The Labute approximate surface area is 115 Å². The van der Waals surface area contributed by atoms with Crippen molar-refractivity contribution in [3.8, 4) is 5.75 Å². The molecule has 0 bridgehead atoms. The van der Waals surface area contributed by atoms with Gasteiger partial charge in [0.15, 0.2) is 0 Å². The van der Waals surface area contributed by atoms with E-state index in [0.717, 1.165) is 36.9 Å². The van der Waals surface area contributed by atoms with Gasteiger partial charge in [-0.3, -0.25) is 0 Å². The highest BCUT2D eigenvalue weighted by molar-refractivity contribution is 6.30. The second-order valence-corrected chi connectivity index (χ2v) is 5.33. The van der Waals surface area contributed by atoms with Gasteiger partial charge < -0.3 is 10.1 Å². The summed E-state index contributed by atoms with van der Waals surface area (Å²) in [5, 5.41) is 4.30. The fourth-order valence-corrected chi connectivity index (χ4v) is 2.64. The zero-order valence-corrected chi connectivity index (χ0v) is 11.9. The number of nitrogens with one attached hydrogen (secondary N) is 1. The Hall–Kier alpha value is -0.730. The lowest BCUT2D eigenvalue weighted by atomic mass is 10.1. The molecule has 0 saturated heterocycles. The zero-order valence-electron chi connectivity index (χ0n) is 11.1. The van der Waals surface area contributed by atoms with Crippen molar-refractivity contribution in [1.82, 2.24) is 5.32 Å². The second kappa shape index (κ2) is 7.01. The van der Waals surface area contributed by atoms with Crippen LogP contribution < -0.4 is 10.1 Å². The van der Waals surface area contributed by atoms with Crippen LogP contribution in [0, 0.1) is 0 Å². The first-order valence-corrected chi connectivity index (χ1v) is 7.34. The number of fused-ring (bicyclic) bond motifs is 1. The van der Waals surface area contributed by atoms with Crippen molar-refractivity contribution >= 4 is 11.6 Å². The predicted molar refractivity (Wildman–Crippen MR) is 76.5 cm³/mol. The van der Waals surface area contributed by atoms with Gasteiger partial charge in [0.25, 0.3) is 0 Å². The molecule has 2 nitrogen and oxygen atoms in total. The highest BCUT2D eigenvalue weighted by atomic mass is 35.5. The van der Waals surface area contributed by atoms with Gasteiger partial charge in [0.2, 0.25) is 0 Å². The van der Waals surface area contributed by atoms with Gasteiger partial charge in [-0.25, -0.2) is 0 Å². The minimum Gasteiger partial charge on any atom is -0.493 e. The van der Waals surface area contributed by atoms with Gasteiger partial charge in [-0.2, -0.15) is 0 Å². The van der Waals surface area contributed by atoms with Crippen LogP contribution >= 0.6 is 11.6 Å². The van der Waals surface area contributed by atoms with E-state index in [1.54, 1.807) is 0 Å². The molecule has 3 heteroatoms. The molecule has 2 rings (SSSR count). The minimum absolute atomic E-state index is 0.791. The molecule has 1 heterocycles. The minimum atomic E-state index is 0.791. The SMILES string of the molecule is CCCCCCNCc1cc(Cl)cc2c1OCC2. The summed E-state index contributed by atoms with van der Waals surface area (Å²) in [5.74, 6) is 1.06. The maximum Gasteiger partial charge on any atom is 0.127 e. The average Bonchev–Trinajstić information content (AvgIpc) is 2.81. The van der Waals surface area contributed by atoms with Crippen LogP contribution in [0.15, 0.2) is 12.1 Å². The topological polar surface area (TPSA) is 21.3 Å². The highest BCUT2D eigenvalue weighted by Gasteiger charge is 2.16. The maximum absolute atomic E-state index is 6.13. The lowest BCUT2D eigenvalue weighted by molar-refractivity contribution is 0.352. The largest absolute Gasteiger partial charge is 0.493 e. The smallest absolute Gasteiger partial charge is 0.127 e. The molecule has 1 N–H and O–H groups in total. The predicted octanol–water partition coefficient (Wildman–Crippen LogP) is 3.94. The van der Waals surface area contributed by atoms with E-state index in [9.17, 15) is 0 Å². The fourth-order valence-electron chi connectivity index (χ4n) is 2.38. The molecular weight excluding hydrogens is 246 g/mol. The Morgan fingerprint density at radius 2 is 2.17 bits per heavy atom. The van der Waals surface area contributed by atoms with Gasteiger partial charge in [-0.15, -0.1) is 0 Å². The molecule has 0 atom stereocenters. The Kier molecular flexibility index (Phi) is 5.33. The Morgan fingerprint density at radius 1 is 1.28 bits per heavy atom. The van der Waals surface area contributed by atoms with Crippen LogP contribution in [0.1, 0.15) is 43.7 Å². The number of hydrogen-bond acceptors (Lipinski definition) is 2. The van der Waals surface area contributed by atoms with Crippen molar-refractivity contribution in [2.45, 2.75) is 45.6 Å². The fraction of sp³-hybridized carbons (Fsp3) is 0.600. The van der Waals surface area contributed by atoms with Crippen molar-refractivity contribution in [1.29, 1.82) is 0 Å². The molecule has 100 valence electrons. The summed E-state index contributed by atoms with van der Waals surface area (Å²) in [6.45, 7) is 4.95. The van der Waals surface area contributed by atoms with Gasteiger partial charge in [0, 0.05) is 23.6 Å². The van der Waals surface area contributed by atoms with Crippen LogP contribution in [0.4, 0.5) is 0 Å². The van der Waals surface area contributed by atoms with Gasteiger partial charge >= 0.3 is 0 Å². The van der Waals surface area contributed by atoms with E-state index in [2.05, 4.69) is 12.2 Å². The van der Waals surface area contributed by atoms with Gasteiger partial charge in [0.05, 0.1) is 6.61 Å². The van der Waals surface area contributed by atoms with E-state index < -0.39 is 0 Å². The zero-order chi connectivity index (χ0) is 12.8. The van der Waals surface area contributed by atoms with E-state index in [0.29, 0.717) is 0 Å². The Bertz CT molecular complexity index is 392. The lowest BCUT2D eigenvalue weighted by Crippen LogP contribution is -2.15. The number of rotatable bonds is 7. The van der Waals surface area contributed by atoms with Crippen molar-refractivity contribution in [3.63, 3.8) is 0 Å². The molecule has 0 fully saturated rings. The molecule has 0 aliphatic carbocycles. The van der Waals surface area contributed by atoms with E-state index in [4.69, 9.17) is 16.3 Å².